The second-order valence-electron chi connectivity index (χ2n) is 7.35. The summed E-state index contributed by atoms with van der Waals surface area (Å²) in [5.41, 5.74) is 0. The molecule has 0 spiro atoms. The lowest BCUT2D eigenvalue weighted by Gasteiger charge is -2.25. The van der Waals surface area contributed by atoms with Gasteiger partial charge in [-0.2, -0.15) is 0 Å². The third-order valence-corrected chi connectivity index (χ3v) is 7.29. The topological polar surface area (TPSA) is 86.8 Å². The van der Waals surface area contributed by atoms with E-state index in [0.717, 1.165) is 9.18 Å². The number of hydrogen-bond donors (Lipinski definition) is 1. The van der Waals surface area contributed by atoms with Crippen LogP contribution in [0.25, 0.3) is 0 Å². The second kappa shape index (κ2) is 7.66. The lowest BCUT2D eigenvalue weighted by Crippen LogP contribution is -2.45. The Balaban J connectivity index is 1.66. The molecule has 2 aliphatic rings. The number of sulfonamides is 1. The van der Waals surface area contributed by atoms with Crippen LogP contribution in [0.5, 0.6) is 0 Å². The van der Waals surface area contributed by atoms with Crippen molar-refractivity contribution in [3.63, 3.8) is 0 Å². The van der Waals surface area contributed by atoms with Gasteiger partial charge in [0.25, 0.3) is 5.91 Å². The van der Waals surface area contributed by atoms with Crippen LogP contribution in [0.3, 0.4) is 0 Å². The first-order valence-electron chi connectivity index (χ1n) is 8.86. The zero-order valence-corrected chi connectivity index (χ0v) is 16.7. The molecule has 0 radical (unpaired) electrons. The molecule has 144 valence electrons. The summed E-state index contributed by atoms with van der Waals surface area (Å²) in [4.78, 5) is 28.0. The van der Waals surface area contributed by atoms with Crippen LogP contribution in [0.15, 0.2) is 17.5 Å². The highest BCUT2D eigenvalue weighted by Gasteiger charge is 2.45. The van der Waals surface area contributed by atoms with Gasteiger partial charge in [-0.1, -0.05) is 19.9 Å². The van der Waals surface area contributed by atoms with Crippen LogP contribution in [0, 0.1) is 5.92 Å². The van der Waals surface area contributed by atoms with Gasteiger partial charge in [0.05, 0.1) is 18.2 Å². The number of thiophene rings is 1. The maximum Gasteiger partial charge on any atom is 0.253 e. The maximum atomic E-state index is 12.9. The molecule has 1 aromatic rings. The second-order valence-corrected chi connectivity index (χ2v) is 10.4. The first-order chi connectivity index (χ1) is 12.3. The Morgan fingerprint density at radius 1 is 1.42 bits per heavy atom. The van der Waals surface area contributed by atoms with Crippen molar-refractivity contribution in [1.29, 1.82) is 0 Å². The van der Waals surface area contributed by atoms with Crippen LogP contribution in [-0.4, -0.2) is 66.9 Å². The van der Waals surface area contributed by atoms with Gasteiger partial charge in [0, 0.05) is 30.6 Å². The average Bonchev–Trinajstić information content (AvgIpc) is 3.17. The van der Waals surface area contributed by atoms with Crippen molar-refractivity contribution in [2.24, 2.45) is 5.92 Å². The van der Waals surface area contributed by atoms with Crippen LogP contribution in [-0.2, 0) is 26.0 Å². The molecule has 3 rings (SSSR count). The van der Waals surface area contributed by atoms with Gasteiger partial charge in [0.2, 0.25) is 15.9 Å². The third-order valence-electron chi connectivity index (χ3n) is 4.72. The van der Waals surface area contributed by atoms with Crippen LogP contribution in [0.2, 0.25) is 0 Å². The Kier molecular flexibility index (Phi) is 5.69. The molecule has 2 saturated heterocycles. The third kappa shape index (κ3) is 4.27. The molecule has 0 aliphatic carbocycles. The lowest BCUT2D eigenvalue weighted by molar-refractivity contribution is -0.131. The largest absolute Gasteiger partial charge is 0.352 e. The molecule has 2 fully saturated rings. The van der Waals surface area contributed by atoms with Crippen molar-refractivity contribution in [2.45, 2.75) is 38.8 Å². The number of carbonyl (C=O) groups is 2. The number of nitrogens with one attached hydrogen (secondary N) is 1. The molecule has 1 aromatic heterocycles. The maximum absolute atomic E-state index is 12.9. The molecule has 0 saturated carbocycles. The minimum absolute atomic E-state index is 0.0577. The first kappa shape index (κ1) is 19.3. The molecule has 2 aliphatic heterocycles. The van der Waals surface area contributed by atoms with Crippen LogP contribution in [0.1, 0.15) is 25.1 Å². The summed E-state index contributed by atoms with van der Waals surface area (Å²) < 4.78 is 25.9. The smallest absolute Gasteiger partial charge is 0.253 e. The quantitative estimate of drug-likeness (QED) is 0.787. The van der Waals surface area contributed by atoms with E-state index in [0.29, 0.717) is 25.9 Å². The van der Waals surface area contributed by atoms with Crippen LogP contribution in [0.4, 0.5) is 0 Å². The highest BCUT2D eigenvalue weighted by atomic mass is 32.2. The molecule has 9 heteroatoms. The Labute approximate surface area is 158 Å². The van der Waals surface area contributed by atoms with Gasteiger partial charge in [-0.05, 0) is 23.8 Å². The number of amides is 2. The van der Waals surface area contributed by atoms with Gasteiger partial charge in [0.1, 0.15) is 0 Å². The zero-order valence-electron chi connectivity index (χ0n) is 15.1. The Morgan fingerprint density at radius 2 is 2.19 bits per heavy atom. The molecule has 2 amide bonds. The molecule has 1 N–H and O–H groups in total. The van der Waals surface area contributed by atoms with Gasteiger partial charge < -0.3 is 5.32 Å². The van der Waals surface area contributed by atoms with Gasteiger partial charge in [0.15, 0.2) is 0 Å². The van der Waals surface area contributed by atoms with Gasteiger partial charge in [-0.3, -0.25) is 14.5 Å². The summed E-state index contributed by atoms with van der Waals surface area (Å²) in [6.07, 6.45) is 0.791. The Bertz CT molecular complexity index is 761. The molecule has 0 bridgehead atoms. The molecule has 0 unspecified atom stereocenters. The fourth-order valence-electron chi connectivity index (χ4n) is 3.54. The fraction of sp³-hybridized carbons (Fsp3) is 0.647. The molecule has 3 heterocycles. The van der Waals surface area contributed by atoms with Gasteiger partial charge in [-0.25, -0.2) is 12.7 Å². The van der Waals surface area contributed by atoms with Crippen molar-refractivity contribution in [1.82, 2.24) is 14.5 Å². The Hall–Kier alpha value is -1.45. The van der Waals surface area contributed by atoms with Crippen molar-refractivity contribution in [3.05, 3.63) is 22.4 Å². The van der Waals surface area contributed by atoms with Crippen molar-refractivity contribution < 1.29 is 18.0 Å². The van der Waals surface area contributed by atoms with E-state index >= 15 is 0 Å². The summed E-state index contributed by atoms with van der Waals surface area (Å²) in [6, 6.07) is 3.23. The lowest BCUT2D eigenvalue weighted by atomic mass is 10.1. The summed E-state index contributed by atoms with van der Waals surface area (Å²) in [5, 5.41) is 4.93. The summed E-state index contributed by atoms with van der Waals surface area (Å²) in [6.45, 7) is 4.84. The van der Waals surface area contributed by atoms with E-state index in [4.69, 9.17) is 0 Å². The fourth-order valence-corrected chi connectivity index (χ4v) is 5.85. The van der Waals surface area contributed by atoms with E-state index < -0.39 is 16.1 Å². The zero-order chi connectivity index (χ0) is 18.9. The average molecular weight is 400 g/mol. The van der Waals surface area contributed by atoms with Crippen LogP contribution >= 0.6 is 11.3 Å². The molecule has 7 nitrogen and oxygen atoms in total. The van der Waals surface area contributed by atoms with Gasteiger partial charge in [-0.15, -0.1) is 11.3 Å². The molecule has 0 aromatic carbocycles. The van der Waals surface area contributed by atoms with E-state index in [1.54, 1.807) is 0 Å². The molecular weight excluding hydrogens is 374 g/mol. The highest BCUT2D eigenvalue weighted by molar-refractivity contribution is 7.89. The molecule has 26 heavy (non-hydrogen) atoms. The SMILES string of the molecule is CC(C)CN1C(=O)[C@@H]2C[C@H](NC(=O)Cc3cccs3)CN2CCS1(=O)=O. The Morgan fingerprint density at radius 3 is 2.85 bits per heavy atom. The standard InChI is InChI=1S/C17H25N3O4S2/c1-12(2)10-20-17(22)15-8-13(11-19(15)5-7-26(20,23)24)18-16(21)9-14-4-3-6-25-14/h3-4,6,12-13,15H,5,7-11H2,1-2H3,(H,18,21)/t13-,15-/m0/s1. The van der Waals surface area contributed by atoms with E-state index in [1.165, 1.54) is 11.3 Å². The van der Waals surface area contributed by atoms with E-state index in [-0.39, 0.29) is 36.1 Å². The van der Waals surface area contributed by atoms with Gasteiger partial charge >= 0.3 is 0 Å². The molecular formula is C17H25N3O4S2. The number of nitrogens with zero attached hydrogens (tertiary/aromatic N) is 2. The van der Waals surface area contributed by atoms with Crippen molar-refractivity contribution in [3.8, 4) is 0 Å². The minimum atomic E-state index is -3.56. The van der Waals surface area contributed by atoms with E-state index in [1.807, 2.05) is 36.3 Å². The predicted octanol–water partition coefficient (Wildman–Crippen LogP) is 0.678. The van der Waals surface area contributed by atoms with Crippen molar-refractivity contribution >= 4 is 33.2 Å². The minimum Gasteiger partial charge on any atom is -0.352 e. The van der Waals surface area contributed by atoms with E-state index in [2.05, 4.69) is 5.32 Å². The van der Waals surface area contributed by atoms with Crippen molar-refractivity contribution in [2.75, 3.05) is 25.4 Å². The summed E-state index contributed by atoms with van der Waals surface area (Å²) in [7, 11) is -3.56. The van der Waals surface area contributed by atoms with E-state index in [9.17, 15) is 18.0 Å². The van der Waals surface area contributed by atoms with Crippen LogP contribution < -0.4 is 5.32 Å². The number of rotatable bonds is 5. The normalized spacial score (nSPS) is 26.0. The predicted molar refractivity (Wildman–Crippen MR) is 100 cm³/mol. The number of carbonyl (C=O) groups excluding carboxylic acids is 2. The number of hydrogen-bond acceptors (Lipinski definition) is 6. The highest BCUT2D eigenvalue weighted by Crippen LogP contribution is 2.25. The first-order valence-corrected chi connectivity index (χ1v) is 11.3. The number of fused-ring (bicyclic) bond motifs is 1. The molecule has 2 atom stereocenters. The monoisotopic (exact) mass is 399 g/mol. The summed E-state index contributed by atoms with van der Waals surface area (Å²) in [5.74, 6) is -0.402. The summed E-state index contributed by atoms with van der Waals surface area (Å²) >= 11 is 1.54.